The third-order valence-corrected chi connectivity index (χ3v) is 7.28. The molecule has 0 amide bonds. The Bertz CT molecular complexity index is 1280. The van der Waals surface area contributed by atoms with E-state index in [-0.39, 0.29) is 37.4 Å². The Labute approximate surface area is 246 Å². The first kappa shape index (κ1) is 32.5. The molecule has 2 heterocycles. The molecule has 43 heavy (non-hydrogen) atoms. The lowest BCUT2D eigenvalue weighted by molar-refractivity contribution is -0.625. The van der Waals surface area contributed by atoms with Gasteiger partial charge >= 0.3 is 6.18 Å². The highest BCUT2D eigenvalue weighted by molar-refractivity contribution is 5.54. The maximum atomic E-state index is 13.6. The van der Waals surface area contributed by atoms with Crippen LogP contribution in [-0.4, -0.2) is 78.8 Å². The number of nitro groups is 1. The molecule has 0 aliphatic carbocycles. The standard InChI is InChI=1S/C28H34F3N5O7/c29-28(30,31)24-17-22(36(38)39)5-6-26(24)34-33-25-4-2-1-3-19(25)15-23-16-21-8-11-41-14-13-40-10-7-20(35(21)32)9-12-42-27(37)18-43-23/h1-6,17,20-21,23,27,37H,7-16,18H2. The number of non-ortho nitro benzene ring substituents is 1. The van der Waals surface area contributed by atoms with E-state index in [1.165, 1.54) is 4.70 Å². The van der Waals surface area contributed by atoms with Gasteiger partial charge in [0.1, 0.15) is 12.1 Å². The summed E-state index contributed by atoms with van der Waals surface area (Å²) in [4.78, 5) is 10.1. The second-order valence-corrected chi connectivity index (χ2v) is 10.3. The maximum absolute atomic E-state index is 13.6. The first-order valence-corrected chi connectivity index (χ1v) is 14.0. The Morgan fingerprint density at radius 1 is 0.953 bits per heavy atom. The summed E-state index contributed by atoms with van der Waals surface area (Å²) in [5, 5.41) is 29.2. The molecule has 2 saturated heterocycles. The summed E-state index contributed by atoms with van der Waals surface area (Å²) in [6.45, 7) is 1.75. The summed E-state index contributed by atoms with van der Waals surface area (Å²) in [6, 6.07) is 8.30. The fraction of sp³-hybridized carbons (Fsp3) is 0.571. The van der Waals surface area contributed by atoms with E-state index in [1.807, 2.05) is 0 Å². The van der Waals surface area contributed by atoms with Crippen LogP contribution in [0.15, 0.2) is 52.7 Å². The Morgan fingerprint density at radius 3 is 2.35 bits per heavy atom. The summed E-state index contributed by atoms with van der Waals surface area (Å²) in [5.41, 5.74) is 9.57. The molecular formula is C28H34F3N5O7. The quantitative estimate of drug-likeness (QED) is 0.198. The van der Waals surface area contributed by atoms with E-state index in [4.69, 9.17) is 18.9 Å². The van der Waals surface area contributed by atoms with Gasteiger partial charge < -0.3 is 34.3 Å². The summed E-state index contributed by atoms with van der Waals surface area (Å²) >= 11 is 0. The average Bonchev–Trinajstić information content (AvgIpc) is 3.02. The largest absolute Gasteiger partial charge is 0.506 e. The third kappa shape index (κ3) is 9.56. The molecule has 2 aromatic rings. The second-order valence-electron chi connectivity index (χ2n) is 10.3. The molecule has 2 bridgehead atoms. The Kier molecular flexibility index (Phi) is 11.6. The van der Waals surface area contributed by atoms with Crippen molar-refractivity contribution in [3.05, 3.63) is 69.2 Å². The van der Waals surface area contributed by atoms with Crippen LogP contribution in [0.1, 0.15) is 36.8 Å². The Morgan fingerprint density at radius 2 is 1.63 bits per heavy atom. The number of aliphatic hydroxyl groups is 1. The minimum atomic E-state index is -4.89. The van der Waals surface area contributed by atoms with Gasteiger partial charge in [0, 0.05) is 44.2 Å². The number of halogens is 3. The molecule has 12 nitrogen and oxygen atoms in total. The molecular weight excluding hydrogens is 575 g/mol. The number of aliphatic hydroxyl groups excluding tert-OH is 1. The van der Waals surface area contributed by atoms with Crippen molar-refractivity contribution in [2.24, 2.45) is 10.2 Å². The first-order valence-electron chi connectivity index (χ1n) is 14.0. The lowest BCUT2D eigenvalue weighted by atomic mass is 9.97. The van der Waals surface area contributed by atoms with Crippen molar-refractivity contribution in [3.8, 4) is 0 Å². The summed E-state index contributed by atoms with van der Waals surface area (Å²) in [6.07, 6.45) is -4.55. The summed E-state index contributed by atoms with van der Waals surface area (Å²) in [7, 11) is 0. The van der Waals surface area contributed by atoms with Gasteiger partial charge in [-0.25, -0.2) is 0 Å². The minimum absolute atomic E-state index is 0.130. The number of azo groups is 1. The maximum Gasteiger partial charge on any atom is 0.418 e. The van der Waals surface area contributed by atoms with E-state index < -0.39 is 40.4 Å². The van der Waals surface area contributed by atoms with Gasteiger partial charge in [0.25, 0.3) is 5.69 Å². The normalized spacial score (nSPS) is 25.1. The highest BCUT2D eigenvalue weighted by atomic mass is 19.4. The lowest BCUT2D eigenvalue weighted by Crippen LogP contribution is -2.38. The predicted molar refractivity (Wildman–Crippen MR) is 145 cm³/mol. The van der Waals surface area contributed by atoms with E-state index in [1.54, 1.807) is 24.3 Å². The minimum Gasteiger partial charge on any atom is -0.506 e. The molecule has 2 fully saturated rings. The van der Waals surface area contributed by atoms with Crippen LogP contribution in [0, 0.1) is 10.1 Å². The molecule has 0 aromatic heterocycles. The summed E-state index contributed by atoms with van der Waals surface area (Å²) in [5.74, 6) is 0. The number of rotatable bonds is 5. The van der Waals surface area contributed by atoms with Gasteiger partial charge in [-0.1, -0.05) is 18.2 Å². The van der Waals surface area contributed by atoms with Gasteiger partial charge in [-0.15, -0.1) is 5.11 Å². The van der Waals surface area contributed by atoms with E-state index in [0.29, 0.717) is 63.7 Å². The second kappa shape index (κ2) is 15.4. The lowest BCUT2D eigenvalue weighted by Gasteiger charge is -2.28. The number of nitrogens with zero attached hydrogens (tertiary/aromatic N) is 5. The molecule has 2 aliphatic rings. The fourth-order valence-electron chi connectivity index (χ4n) is 5.03. The first-order chi connectivity index (χ1) is 20.6. The van der Waals surface area contributed by atoms with Crippen molar-refractivity contribution in [1.82, 2.24) is 0 Å². The zero-order valence-corrected chi connectivity index (χ0v) is 23.4. The molecule has 1 N–H and O–H groups in total. The molecule has 0 spiro atoms. The molecule has 234 valence electrons. The number of hydrogen-bond acceptors (Lipinski definition) is 9. The number of fused-ring (bicyclic) bond motifs is 2. The topological polar surface area (TPSA) is 150 Å². The number of nitro benzene ring substituents is 1. The van der Waals surface area contributed by atoms with Crippen LogP contribution in [-0.2, 0) is 31.5 Å². The zero-order valence-electron chi connectivity index (χ0n) is 23.4. The van der Waals surface area contributed by atoms with Crippen molar-refractivity contribution >= 4 is 17.1 Å². The van der Waals surface area contributed by atoms with Crippen molar-refractivity contribution < 1.29 is 46.8 Å². The van der Waals surface area contributed by atoms with Gasteiger partial charge in [0.15, 0.2) is 6.29 Å². The highest BCUT2D eigenvalue weighted by Crippen LogP contribution is 2.39. The van der Waals surface area contributed by atoms with Gasteiger partial charge in [-0.2, -0.15) is 18.3 Å². The van der Waals surface area contributed by atoms with Crippen molar-refractivity contribution in [3.63, 3.8) is 0 Å². The Balaban J connectivity index is 1.60. The number of benzene rings is 2. The van der Waals surface area contributed by atoms with Crippen LogP contribution >= 0.6 is 0 Å². The fourth-order valence-corrected chi connectivity index (χ4v) is 5.03. The van der Waals surface area contributed by atoms with Gasteiger partial charge in [0.2, 0.25) is 0 Å². The van der Waals surface area contributed by atoms with Crippen LogP contribution in [0.3, 0.4) is 0 Å². The predicted octanol–water partition coefficient (Wildman–Crippen LogP) is 5.68. The van der Waals surface area contributed by atoms with Crippen LogP contribution in [0.25, 0.3) is 5.53 Å². The van der Waals surface area contributed by atoms with Crippen LogP contribution in [0.2, 0.25) is 0 Å². The van der Waals surface area contributed by atoms with Crippen molar-refractivity contribution in [2.75, 3.05) is 39.6 Å². The Hall–Kier alpha value is -3.37. The number of alkyl halides is 3. The summed E-state index contributed by atoms with van der Waals surface area (Å²) < 4.78 is 65.0. The average molecular weight is 610 g/mol. The van der Waals surface area contributed by atoms with E-state index in [2.05, 4.69) is 10.2 Å². The molecule has 4 rings (SSSR count). The SMILES string of the molecule is [N-]=[N+]1C2CCOCCOCCC1CC(Cc1ccccc1N=Nc1ccc([N+](=O)[O-])cc1C(F)(F)F)OCC(O)OCC2. The smallest absolute Gasteiger partial charge is 0.418 e. The van der Waals surface area contributed by atoms with Gasteiger partial charge in [0.05, 0.1) is 67.6 Å². The number of hydrogen-bond donors (Lipinski definition) is 1. The van der Waals surface area contributed by atoms with Crippen LogP contribution in [0.4, 0.5) is 30.2 Å². The zero-order chi connectivity index (χ0) is 30.8. The molecule has 0 radical (unpaired) electrons. The van der Waals surface area contributed by atoms with E-state index >= 15 is 0 Å². The van der Waals surface area contributed by atoms with E-state index in [9.17, 15) is 33.9 Å². The van der Waals surface area contributed by atoms with Crippen molar-refractivity contribution in [2.45, 2.75) is 62.8 Å². The van der Waals surface area contributed by atoms with E-state index in [0.717, 1.165) is 12.1 Å². The van der Waals surface area contributed by atoms with Gasteiger partial charge in [-0.05, 0) is 17.7 Å². The molecule has 4 atom stereocenters. The van der Waals surface area contributed by atoms with Crippen LogP contribution in [0.5, 0.6) is 0 Å². The monoisotopic (exact) mass is 609 g/mol. The molecule has 0 saturated carbocycles. The van der Waals surface area contributed by atoms with Crippen molar-refractivity contribution in [1.29, 1.82) is 0 Å². The molecule has 2 aliphatic heterocycles. The third-order valence-electron chi connectivity index (χ3n) is 7.28. The molecule has 4 unspecified atom stereocenters. The molecule has 2 aromatic carbocycles. The number of ether oxygens (including phenoxy) is 4. The highest BCUT2D eigenvalue weighted by Gasteiger charge is 2.36. The van der Waals surface area contributed by atoms with Crippen LogP contribution < -0.4 is 0 Å². The molecule has 15 heteroatoms. The van der Waals surface area contributed by atoms with Gasteiger partial charge in [-0.3, -0.25) is 10.1 Å².